The van der Waals surface area contributed by atoms with Crippen LogP contribution < -0.4 is 11.2 Å². The van der Waals surface area contributed by atoms with Crippen LogP contribution in [0.3, 0.4) is 0 Å². The van der Waals surface area contributed by atoms with Crippen LogP contribution in [-0.4, -0.2) is 31.7 Å². The van der Waals surface area contributed by atoms with E-state index in [2.05, 4.69) is 9.97 Å². The lowest BCUT2D eigenvalue weighted by molar-refractivity contribution is 0.0501. The molecule has 0 unspecified atom stereocenters. The number of nitrogens with one attached hydrogen (secondary N) is 1. The van der Waals surface area contributed by atoms with Crippen LogP contribution in [0.25, 0.3) is 21.3 Å². The van der Waals surface area contributed by atoms with Gasteiger partial charge in [-0.2, -0.15) is 0 Å². The summed E-state index contributed by atoms with van der Waals surface area (Å²) in [4.78, 5) is 45.9. The number of aromatic nitrogens is 4. The van der Waals surface area contributed by atoms with Crippen molar-refractivity contribution in [3.8, 4) is 0 Å². The minimum Gasteiger partial charge on any atom is -0.461 e. The maximum atomic E-state index is 12.8. The van der Waals surface area contributed by atoms with Crippen LogP contribution in [0.2, 0.25) is 0 Å². The summed E-state index contributed by atoms with van der Waals surface area (Å²) in [6, 6.07) is 7.47. The highest BCUT2D eigenvalue weighted by atomic mass is 32.1. The second-order valence-electron chi connectivity index (χ2n) is 7.41. The topological polar surface area (TPSA) is 99.0 Å². The van der Waals surface area contributed by atoms with Crippen LogP contribution in [0, 0.1) is 6.92 Å². The summed E-state index contributed by atoms with van der Waals surface area (Å²) < 4.78 is 8.78. The van der Waals surface area contributed by atoms with Crippen molar-refractivity contribution in [1.82, 2.24) is 19.1 Å². The molecule has 0 saturated carbocycles. The van der Waals surface area contributed by atoms with Gasteiger partial charge in [-0.05, 0) is 37.5 Å². The average Bonchev–Trinajstić information content (AvgIpc) is 3.41. The molecular weight excluding hydrogens is 404 g/mol. The first-order valence-corrected chi connectivity index (χ1v) is 10.7. The van der Waals surface area contributed by atoms with Gasteiger partial charge in [0.15, 0.2) is 0 Å². The van der Waals surface area contributed by atoms with E-state index in [0.29, 0.717) is 40.2 Å². The lowest BCUT2D eigenvalue weighted by atomic mass is 10.2. The maximum Gasteiger partial charge on any atom is 0.348 e. The molecule has 4 heterocycles. The number of thiophene rings is 1. The van der Waals surface area contributed by atoms with Gasteiger partial charge in [0.2, 0.25) is 0 Å². The Balaban J connectivity index is 1.30. The number of benzene rings is 1. The monoisotopic (exact) mass is 424 g/mol. The van der Waals surface area contributed by atoms with Gasteiger partial charge in [-0.3, -0.25) is 13.9 Å². The first-order chi connectivity index (χ1) is 14.5. The van der Waals surface area contributed by atoms with Crippen molar-refractivity contribution in [3.05, 3.63) is 61.4 Å². The van der Waals surface area contributed by atoms with Crippen molar-refractivity contribution in [2.75, 3.05) is 6.61 Å². The average molecular weight is 424 g/mol. The molecule has 1 N–H and O–H groups in total. The number of fused-ring (bicyclic) bond motifs is 3. The number of rotatable bonds is 5. The van der Waals surface area contributed by atoms with E-state index in [-0.39, 0.29) is 17.9 Å². The molecule has 0 radical (unpaired) electrons. The van der Waals surface area contributed by atoms with Crippen LogP contribution in [-0.2, 0) is 24.2 Å². The summed E-state index contributed by atoms with van der Waals surface area (Å²) in [6.07, 6.45) is 2.22. The molecule has 1 aliphatic rings. The number of hydrogen-bond acceptors (Lipinski definition) is 6. The minimum absolute atomic E-state index is 0.0704. The Hall–Kier alpha value is -3.20. The second-order valence-corrected chi connectivity index (χ2v) is 8.41. The minimum atomic E-state index is -0.452. The van der Waals surface area contributed by atoms with E-state index < -0.39 is 5.97 Å². The van der Waals surface area contributed by atoms with Gasteiger partial charge in [0.25, 0.3) is 5.56 Å². The predicted octanol–water partition coefficient (Wildman–Crippen LogP) is 2.60. The number of nitrogens with zero attached hydrogens (tertiary/aromatic N) is 3. The Bertz CT molecular complexity index is 1410. The molecule has 1 aliphatic heterocycles. The number of imidazole rings is 1. The molecule has 9 heteroatoms. The first-order valence-electron chi connectivity index (χ1n) is 9.92. The molecule has 154 valence electrons. The van der Waals surface area contributed by atoms with Gasteiger partial charge < -0.3 is 9.72 Å². The van der Waals surface area contributed by atoms with Crippen LogP contribution in [0.15, 0.2) is 33.9 Å². The zero-order valence-corrected chi connectivity index (χ0v) is 17.3. The summed E-state index contributed by atoms with van der Waals surface area (Å²) in [5.74, 6) is 0.337. The third-order valence-corrected chi connectivity index (χ3v) is 6.70. The van der Waals surface area contributed by atoms with Gasteiger partial charge >= 0.3 is 11.7 Å². The van der Waals surface area contributed by atoms with Crippen molar-refractivity contribution < 1.29 is 9.53 Å². The predicted molar refractivity (Wildman–Crippen MR) is 114 cm³/mol. The highest BCUT2D eigenvalue weighted by Gasteiger charge is 2.24. The van der Waals surface area contributed by atoms with Gasteiger partial charge in [-0.15, -0.1) is 11.3 Å². The van der Waals surface area contributed by atoms with E-state index in [1.54, 1.807) is 16.1 Å². The van der Waals surface area contributed by atoms with Crippen molar-refractivity contribution in [3.63, 3.8) is 0 Å². The first kappa shape index (κ1) is 18.8. The number of para-hydroxylation sites is 2. The van der Waals surface area contributed by atoms with E-state index in [4.69, 9.17) is 4.74 Å². The molecule has 0 amide bonds. The number of aromatic amines is 1. The molecule has 0 spiro atoms. The molecule has 30 heavy (non-hydrogen) atoms. The smallest absolute Gasteiger partial charge is 0.348 e. The lowest BCUT2D eigenvalue weighted by Crippen LogP contribution is -2.20. The molecule has 3 aromatic heterocycles. The normalized spacial score (nSPS) is 13.2. The molecule has 4 aromatic rings. The van der Waals surface area contributed by atoms with E-state index >= 15 is 0 Å². The third kappa shape index (κ3) is 2.97. The van der Waals surface area contributed by atoms with Gasteiger partial charge in [0.1, 0.15) is 15.5 Å². The highest BCUT2D eigenvalue weighted by Crippen LogP contribution is 2.29. The van der Waals surface area contributed by atoms with E-state index in [9.17, 15) is 14.4 Å². The Morgan fingerprint density at radius 1 is 1.30 bits per heavy atom. The SMILES string of the molecule is Cc1c(C(=O)OCCCn2c(=O)[nH]c3ccccc32)sc2nc3n(c(=O)c12)CCC3. The molecule has 5 rings (SSSR count). The van der Waals surface area contributed by atoms with Crippen molar-refractivity contribution >= 4 is 38.6 Å². The van der Waals surface area contributed by atoms with Crippen LogP contribution in [0.5, 0.6) is 0 Å². The number of carbonyl (C=O) groups excluding carboxylic acids is 1. The Morgan fingerprint density at radius 3 is 3.00 bits per heavy atom. The quantitative estimate of drug-likeness (QED) is 0.392. The van der Waals surface area contributed by atoms with Crippen LogP contribution in [0.4, 0.5) is 0 Å². The summed E-state index contributed by atoms with van der Waals surface area (Å²) >= 11 is 1.21. The fraction of sp³-hybridized carbons (Fsp3) is 0.333. The number of H-pyrrole nitrogens is 1. The molecular formula is C21H20N4O4S. The Morgan fingerprint density at radius 2 is 2.13 bits per heavy atom. The molecule has 0 atom stereocenters. The Kier molecular flexibility index (Phi) is 4.54. The number of aryl methyl sites for hydroxylation is 3. The summed E-state index contributed by atoms with van der Waals surface area (Å²) in [5.41, 5.74) is 1.99. The van der Waals surface area contributed by atoms with E-state index in [1.165, 1.54) is 11.3 Å². The van der Waals surface area contributed by atoms with Gasteiger partial charge in [-0.25, -0.2) is 14.6 Å². The van der Waals surface area contributed by atoms with Gasteiger partial charge in [0, 0.05) is 19.5 Å². The van der Waals surface area contributed by atoms with Crippen molar-refractivity contribution in [2.45, 2.75) is 39.3 Å². The highest BCUT2D eigenvalue weighted by molar-refractivity contribution is 7.20. The fourth-order valence-corrected chi connectivity index (χ4v) is 5.14. The summed E-state index contributed by atoms with van der Waals surface area (Å²) in [5, 5.41) is 0.517. The van der Waals surface area contributed by atoms with Crippen molar-refractivity contribution in [2.24, 2.45) is 0 Å². The molecule has 0 bridgehead atoms. The van der Waals surface area contributed by atoms with Crippen LogP contribution in [0.1, 0.15) is 33.9 Å². The number of hydrogen-bond donors (Lipinski definition) is 1. The lowest BCUT2D eigenvalue weighted by Gasteiger charge is -2.05. The van der Waals surface area contributed by atoms with E-state index in [0.717, 1.165) is 29.7 Å². The largest absolute Gasteiger partial charge is 0.461 e. The van der Waals surface area contributed by atoms with Crippen LogP contribution >= 0.6 is 11.3 Å². The zero-order valence-electron chi connectivity index (χ0n) is 16.4. The summed E-state index contributed by atoms with van der Waals surface area (Å²) in [7, 11) is 0. The molecule has 0 fully saturated rings. The molecule has 8 nitrogen and oxygen atoms in total. The Labute approximate surface area is 174 Å². The second kappa shape index (κ2) is 7.24. The fourth-order valence-electron chi connectivity index (χ4n) is 4.05. The maximum absolute atomic E-state index is 12.8. The molecule has 0 saturated heterocycles. The van der Waals surface area contributed by atoms with Gasteiger partial charge in [-0.1, -0.05) is 12.1 Å². The number of ether oxygens (including phenoxy) is 1. The number of esters is 1. The standard InChI is InChI=1S/C21H20N4O4S/c1-12-16-18(23-15-8-4-9-25(15)19(16)26)30-17(12)20(27)29-11-5-10-24-14-7-3-2-6-13(14)22-21(24)28/h2-3,6-7H,4-5,8-11H2,1H3,(H,22,28). The number of carbonyl (C=O) groups is 1. The van der Waals surface area contributed by atoms with E-state index in [1.807, 2.05) is 24.3 Å². The molecule has 1 aromatic carbocycles. The third-order valence-electron chi connectivity index (χ3n) is 5.54. The molecule has 0 aliphatic carbocycles. The van der Waals surface area contributed by atoms with Gasteiger partial charge in [0.05, 0.1) is 23.0 Å². The van der Waals surface area contributed by atoms with Crippen molar-refractivity contribution in [1.29, 1.82) is 0 Å². The zero-order chi connectivity index (χ0) is 20.8. The summed E-state index contributed by atoms with van der Waals surface area (Å²) in [6.45, 7) is 3.07.